The molecule has 3 nitrogen and oxygen atoms in total. The van der Waals surface area contributed by atoms with Crippen molar-refractivity contribution in [2.75, 3.05) is 13.1 Å². The first-order chi connectivity index (χ1) is 7.19. The molecule has 1 rings (SSSR count). The Bertz CT molecular complexity index is 317. The maximum absolute atomic E-state index is 9.74. The number of halogens is 1. The van der Waals surface area contributed by atoms with Crippen molar-refractivity contribution >= 4 is 15.9 Å². The van der Waals surface area contributed by atoms with Crippen molar-refractivity contribution in [2.24, 2.45) is 5.73 Å². The second-order valence-electron chi connectivity index (χ2n) is 3.41. The summed E-state index contributed by atoms with van der Waals surface area (Å²) in [5, 5.41) is 13.0. The number of benzene rings is 1. The van der Waals surface area contributed by atoms with E-state index in [1.165, 1.54) is 0 Å². The summed E-state index contributed by atoms with van der Waals surface area (Å²) in [5.74, 6) is 0.328. The van der Waals surface area contributed by atoms with Gasteiger partial charge in [0.2, 0.25) is 0 Å². The number of rotatable bonds is 5. The van der Waals surface area contributed by atoms with E-state index >= 15 is 0 Å². The molecule has 0 bridgehead atoms. The molecule has 0 aliphatic heterocycles. The zero-order valence-corrected chi connectivity index (χ0v) is 10.4. The number of hydrogen-bond acceptors (Lipinski definition) is 3. The number of phenolic OH excluding ortho intramolecular Hbond substituents is 1. The van der Waals surface area contributed by atoms with Crippen molar-refractivity contribution in [3.8, 4) is 5.75 Å². The summed E-state index contributed by atoms with van der Waals surface area (Å²) in [6, 6.07) is 5.62. The minimum Gasteiger partial charge on any atom is -0.508 e. The van der Waals surface area contributed by atoms with Gasteiger partial charge in [-0.05, 0) is 24.6 Å². The maximum Gasteiger partial charge on any atom is 0.120 e. The SMILES string of the molecule is CCC(NCCN)c1cc(Br)ccc1O. The fourth-order valence-electron chi connectivity index (χ4n) is 1.54. The van der Waals surface area contributed by atoms with E-state index in [9.17, 15) is 5.11 Å². The van der Waals surface area contributed by atoms with E-state index in [0.717, 1.165) is 23.0 Å². The van der Waals surface area contributed by atoms with Crippen LogP contribution in [0.15, 0.2) is 22.7 Å². The number of phenols is 1. The Morgan fingerprint density at radius 1 is 1.53 bits per heavy atom. The van der Waals surface area contributed by atoms with Gasteiger partial charge in [-0.25, -0.2) is 0 Å². The first-order valence-corrected chi connectivity index (χ1v) is 5.90. The standard InChI is InChI=1S/C11H17BrN2O/c1-2-10(14-6-5-13)9-7-8(12)3-4-11(9)15/h3-4,7,10,14-15H,2,5-6,13H2,1H3. The van der Waals surface area contributed by atoms with Crippen molar-refractivity contribution in [1.29, 1.82) is 0 Å². The Morgan fingerprint density at radius 2 is 2.27 bits per heavy atom. The first kappa shape index (κ1) is 12.5. The summed E-state index contributed by atoms with van der Waals surface area (Å²) in [5.41, 5.74) is 6.36. The van der Waals surface area contributed by atoms with Crippen LogP contribution in [0, 0.1) is 0 Å². The lowest BCUT2D eigenvalue weighted by Crippen LogP contribution is -2.26. The Balaban J connectivity index is 2.85. The monoisotopic (exact) mass is 272 g/mol. The summed E-state index contributed by atoms with van der Waals surface area (Å²) in [6.45, 7) is 3.43. The third-order valence-corrected chi connectivity index (χ3v) is 2.80. The normalized spacial score (nSPS) is 12.7. The maximum atomic E-state index is 9.74. The smallest absolute Gasteiger partial charge is 0.120 e. The number of aromatic hydroxyl groups is 1. The van der Waals surface area contributed by atoms with Gasteiger partial charge in [0.15, 0.2) is 0 Å². The molecular weight excluding hydrogens is 256 g/mol. The van der Waals surface area contributed by atoms with Crippen LogP contribution < -0.4 is 11.1 Å². The van der Waals surface area contributed by atoms with Gasteiger partial charge in [-0.3, -0.25) is 0 Å². The molecule has 1 aromatic carbocycles. The summed E-state index contributed by atoms with van der Waals surface area (Å²) in [7, 11) is 0. The molecule has 0 aliphatic carbocycles. The topological polar surface area (TPSA) is 58.3 Å². The molecule has 0 radical (unpaired) electrons. The van der Waals surface area contributed by atoms with Crippen LogP contribution in [-0.2, 0) is 0 Å². The van der Waals surface area contributed by atoms with Gasteiger partial charge in [0.1, 0.15) is 5.75 Å². The van der Waals surface area contributed by atoms with Crippen LogP contribution in [0.2, 0.25) is 0 Å². The van der Waals surface area contributed by atoms with Gasteiger partial charge in [0.25, 0.3) is 0 Å². The van der Waals surface area contributed by atoms with Crippen molar-refractivity contribution in [1.82, 2.24) is 5.32 Å². The van der Waals surface area contributed by atoms with Crippen molar-refractivity contribution in [3.05, 3.63) is 28.2 Å². The highest BCUT2D eigenvalue weighted by Gasteiger charge is 2.12. The van der Waals surface area contributed by atoms with E-state index in [-0.39, 0.29) is 6.04 Å². The van der Waals surface area contributed by atoms with E-state index in [0.29, 0.717) is 12.3 Å². The van der Waals surface area contributed by atoms with Crippen LogP contribution in [0.5, 0.6) is 5.75 Å². The van der Waals surface area contributed by atoms with Crippen molar-refractivity contribution in [3.63, 3.8) is 0 Å². The Kier molecular flexibility index (Phi) is 5.08. The second-order valence-corrected chi connectivity index (χ2v) is 4.32. The highest BCUT2D eigenvalue weighted by atomic mass is 79.9. The van der Waals surface area contributed by atoms with E-state index in [1.54, 1.807) is 6.07 Å². The molecule has 1 aromatic rings. The number of nitrogens with one attached hydrogen (secondary N) is 1. The lowest BCUT2D eigenvalue weighted by molar-refractivity contribution is 0.443. The summed E-state index contributed by atoms with van der Waals surface area (Å²) < 4.78 is 0.975. The average molecular weight is 273 g/mol. The average Bonchev–Trinajstić information content (AvgIpc) is 2.24. The minimum atomic E-state index is 0.158. The predicted molar refractivity (Wildman–Crippen MR) is 65.9 cm³/mol. The fraction of sp³-hybridized carbons (Fsp3) is 0.455. The Hall–Kier alpha value is -0.580. The van der Waals surface area contributed by atoms with E-state index in [2.05, 4.69) is 28.2 Å². The fourth-order valence-corrected chi connectivity index (χ4v) is 1.92. The molecule has 1 unspecified atom stereocenters. The van der Waals surface area contributed by atoms with Gasteiger partial charge in [-0.2, -0.15) is 0 Å². The molecule has 0 heterocycles. The van der Waals surface area contributed by atoms with Gasteiger partial charge in [-0.15, -0.1) is 0 Å². The number of nitrogens with two attached hydrogens (primary N) is 1. The van der Waals surface area contributed by atoms with Gasteiger partial charge < -0.3 is 16.2 Å². The van der Waals surface area contributed by atoms with Crippen LogP contribution in [0.1, 0.15) is 24.9 Å². The molecule has 0 saturated heterocycles. The van der Waals surface area contributed by atoms with Crippen LogP contribution in [-0.4, -0.2) is 18.2 Å². The highest BCUT2D eigenvalue weighted by Crippen LogP contribution is 2.29. The predicted octanol–water partition coefficient (Wildman–Crippen LogP) is 2.15. The third kappa shape index (κ3) is 3.48. The van der Waals surface area contributed by atoms with Gasteiger partial charge in [0.05, 0.1) is 0 Å². The molecule has 84 valence electrons. The number of hydrogen-bond donors (Lipinski definition) is 3. The quantitative estimate of drug-likeness (QED) is 0.770. The van der Waals surface area contributed by atoms with Gasteiger partial charge in [-0.1, -0.05) is 22.9 Å². The molecule has 1 atom stereocenters. The third-order valence-electron chi connectivity index (χ3n) is 2.31. The molecule has 0 saturated carbocycles. The van der Waals surface area contributed by atoms with E-state index in [4.69, 9.17) is 5.73 Å². The molecule has 0 spiro atoms. The summed E-state index contributed by atoms with van der Waals surface area (Å²) in [4.78, 5) is 0. The molecular formula is C11H17BrN2O. The molecule has 0 aliphatic rings. The molecule has 0 amide bonds. The van der Waals surface area contributed by atoms with Gasteiger partial charge >= 0.3 is 0 Å². The highest BCUT2D eigenvalue weighted by molar-refractivity contribution is 9.10. The van der Waals surface area contributed by atoms with Crippen molar-refractivity contribution < 1.29 is 5.11 Å². The van der Waals surface area contributed by atoms with Crippen LogP contribution in [0.3, 0.4) is 0 Å². The summed E-state index contributed by atoms with van der Waals surface area (Å²) in [6.07, 6.45) is 0.921. The largest absolute Gasteiger partial charge is 0.508 e. The van der Waals surface area contributed by atoms with Crippen LogP contribution in [0.4, 0.5) is 0 Å². The zero-order chi connectivity index (χ0) is 11.3. The van der Waals surface area contributed by atoms with Gasteiger partial charge in [0, 0.05) is 29.2 Å². The first-order valence-electron chi connectivity index (χ1n) is 5.11. The lowest BCUT2D eigenvalue weighted by Gasteiger charge is -2.18. The zero-order valence-electron chi connectivity index (χ0n) is 8.83. The Labute approximate surface area is 98.8 Å². The molecule has 0 fully saturated rings. The van der Waals surface area contributed by atoms with Crippen LogP contribution in [0.25, 0.3) is 0 Å². The Morgan fingerprint density at radius 3 is 2.87 bits per heavy atom. The molecule has 0 aromatic heterocycles. The second kappa shape index (κ2) is 6.10. The minimum absolute atomic E-state index is 0.158. The van der Waals surface area contributed by atoms with E-state index < -0.39 is 0 Å². The van der Waals surface area contributed by atoms with Crippen molar-refractivity contribution in [2.45, 2.75) is 19.4 Å². The van der Waals surface area contributed by atoms with Crippen LogP contribution >= 0.6 is 15.9 Å². The lowest BCUT2D eigenvalue weighted by atomic mass is 10.0. The van der Waals surface area contributed by atoms with E-state index in [1.807, 2.05) is 12.1 Å². The molecule has 15 heavy (non-hydrogen) atoms. The molecule has 4 heteroatoms. The molecule has 4 N–H and O–H groups in total. The summed E-state index contributed by atoms with van der Waals surface area (Å²) >= 11 is 3.40.